The third-order valence-corrected chi connectivity index (χ3v) is 5.08. The number of carbonyl (C=O) groups excluding carboxylic acids is 1. The van der Waals surface area contributed by atoms with Crippen LogP contribution in [0.3, 0.4) is 0 Å². The van der Waals surface area contributed by atoms with Gasteiger partial charge in [0.15, 0.2) is 0 Å². The van der Waals surface area contributed by atoms with Crippen LogP contribution in [0.2, 0.25) is 0 Å². The van der Waals surface area contributed by atoms with Crippen LogP contribution in [0.5, 0.6) is 0 Å². The molecule has 1 fully saturated rings. The number of nitrogens with zero attached hydrogens (tertiary/aromatic N) is 2. The fourth-order valence-electron chi connectivity index (χ4n) is 2.83. The molecule has 2 rings (SSSR count). The SMILES string of the molecule is Cc1noc(C)c1[C@@H](C)CNC(=O)[C@H](C)N1CCSCC1. The molecule has 5 nitrogen and oxygen atoms in total. The molecule has 0 aliphatic carbocycles. The molecule has 0 saturated carbocycles. The third kappa shape index (κ3) is 4.01. The lowest BCUT2D eigenvalue weighted by molar-refractivity contribution is -0.125. The summed E-state index contributed by atoms with van der Waals surface area (Å²) in [6.07, 6.45) is 0. The largest absolute Gasteiger partial charge is 0.361 e. The van der Waals surface area contributed by atoms with Gasteiger partial charge >= 0.3 is 0 Å². The van der Waals surface area contributed by atoms with E-state index >= 15 is 0 Å². The van der Waals surface area contributed by atoms with Gasteiger partial charge in [-0.15, -0.1) is 0 Å². The van der Waals surface area contributed by atoms with Crippen LogP contribution in [0.1, 0.15) is 36.8 Å². The number of nitrogens with one attached hydrogen (secondary N) is 1. The zero-order chi connectivity index (χ0) is 15.4. The third-order valence-electron chi connectivity index (χ3n) is 4.14. The predicted octanol–water partition coefficient (Wildman–Crippen LogP) is 1.95. The fourth-order valence-corrected chi connectivity index (χ4v) is 3.76. The van der Waals surface area contributed by atoms with Crippen LogP contribution in [0.4, 0.5) is 0 Å². The Labute approximate surface area is 130 Å². The molecule has 1 aliphatic heterocycles. The van der Waals surface area contributed by atoms with Crippen molar-refractivity contribution in [1.82, 2.24) is 15.4 Å². The Balaban J connectivity index is 1.85. The molecule has 1 amide bonds. The summed E-state index contributed by atoms with van der Waals surface area (Å²) in [6, 6.07) is -0.0530. The average molecular weight is 311 g/mol. The topological polar surface area (TPSA) is 58.4 Å². The standard InChI is InChI=1S/C15H25N3O2S/c1-10(14-11(2)17-20-13(14)4)9-16-15(19)12(3)18-5-7-21-8-6-18/h10,12H,5-9H2,1-4H3,(H,16,19)/t10-,12-/m0/s1. The minimum absolute atomic E-state index is 0.0530. The maximum absolute atomic E-state index is 12.3. The molecule has 118 valence electrons. The van der Waals surface area contributed by atoms with Gasteiger partial charge in [-0.1, -0.05) is 12.1 Å². The number of hydrogen-bond acceptors (Lipinski definition) is 5. The van der Waals surface area contributed by atoms with Crippen LogP contribution in [-0.2, 0) is 4.79 Å². The summed E-state index contributed by atoms with van der Waals surface area (Å²) < 4.78 is 5.19. The van der Waals surface area contributed by atoms with Gasteiger partial charge in [-0.2, -0.15) is 11.8 Å². The Morgan fingerprint density at radius 3 is 2.62 bits per heavy atom. The number of thioether (sulfide) groups is 1. The van der Waals surface area contributed by atoms with Crippen molar-refractivity contribution in [3.8, 4) is 0 Å². The highest BCUT2D eigenvalue weighted by Gasteiger charge is 2.24. The van der Waals surface area contributed by atoms with Crippen molar-refractivity contribution < 1.29 is 9.32 Å². The van der Waals surface area contributed by atoms with Gasteiger partial charge in [-0.3, -0.25) is 9.69 Å². The fraction of sp³-hybridized carbons (Fsp3) is 0.733. The number of aromatic nitrogens is 1. The second-order valence-electron chi connectivity index (χ2n) is 5.71. The van der Waals surface area contributed by atoms with Gasteiger partial charge in [-0.05, 0) is 20.8 Å². The quantitative estimate of drug-likeness (QED) is 0.900. The molecule has 2 atom stereocenters. The van der Waals surface area contributed by atoms with Crippen LogP contribution >= 0.6 is 11.8 Å². The summed E-state index contributed by atoms with van der Waals surface area (Å²) in [5.41, 5.74) is 2.02. The first-order valence-corrected chi connectivity index (χ1v) is 8.68. The number of amides is 1. The van der Waals surface area contributed by atoms with E-state index in [2.05, 4.69) is 22.3 Å². The lowest BCUT2D eigenvalue weighted by atomic mass is 9.99. The lowest BCUT2D eigenvalue weighted by Crippen LogP contribution is -2.48. The number of carbonyl (C=O) groups is 1. The molecule has 1 aliphatic rings. The maximum Gasteiger partial charge on any atom is 0.237 e. The lowest BCUT2D eigenvalue weighted by Gasteiger charge is -2.31. The first kappa shape index (κ1) is 16.4. The van der Waals surface area contributed by atoms with Crippen molar-refractivity contribution in [3.05, 3.63) is 17.0 Å². The number of hydrogen-bond donors (Lipinski definition) is 1. The second kappa shape index (κ2) is 7.31. The highest BCUT2D eigenvalue weighted by atomic mass is 32.2. The number of rotatable bonds is 5. The highest BCUT2D eigenvalue weighted by Crippen LogP contribution is 2.22. The minimum atomic E-state index is -0.0530. The Morgan fingerprint density at radius 1 is 1.38 bits per heavy atom. The Bertz CT molecular complexity index is 464. The van der Waals surface area contributed by atoms with Crippen molar-refractivity contribution in [2.75, 3.05) is 31.1 Å². The second-order valence-corrected chi connectivity index (χ2v) is 6.93. The molecule has 6 heteroatoms. The van der Waals surface area contributed by atoms with E-state index in [0.29, 0.717) is 6.54 Å². The summed E-state index contributed by atoms with van der Waals surface area (Å²) in [4.78, 5) is 14.5. The van der Waals surface area contributed by atoms with E-state index in [1.54, 1.807) is 0 Å². The average Bonchev–Trinajstić information content (AvgIpc) is 2.83. The Morgan fingerprint density at radius 2 is 2.05 bits per heavy atom. The van der Waals surface area contributed by atoms with E-state index in [1.807, 2.05) is 32.5 Å². The van der Waals surface area contributed by atoms with Crippen LogP contribution in [0.25, 0.3) is 0 Å². The van der Waals surface area contributed by atoms with E-state index in [0.717, 1.165) is 41.6 Å². The van der Waals surface area contributed by atoms with Gasteiger partial charge < -0.3 is 9.84 Å². The molecule has 0 spiro atoms. The van der Waals surface area contributed by atoms with E-state index in [-0.39, 0.29) is 17.9 Å². The van der Waals surface area contributed by atoms with E-state index < -0.39 is 0 Å². The smallest absolute Gasteiger partial charge is 0.237 e. The first-order valence-electron chi connectivity index (χ1n) is 7.53. The van der Waals surface area contributed by atoms with Crippen molar-refractivity contribution in [1.29, 1.82) is 0 Å². The molecule has 2 heterocycles. The molecule has 1 aromatic heterocycles. The molecule has 0 radical (unpaired) electrons. The van der Waals surface area contributed by atoms with Crippen LogP contribution < -0.4 is 5.32 Å². The van der Waals surface area contributed by atoms with Gasteiger partial charge in [0.05, 0.1) is 11.7 Å². The summed E-state index contributed by atoms with van der Waals surface area (Å²) in [7, 11) is 0. The van der Waals surface area contributed by atoms with E-state index in [9.17, 15) is 4.79 Å². The predicted molar refractivity (Wildman–Crippen MR) is 85.8 cm³/mol. The molecular weight excluding hydrogens is 286 g/mol. The normalized spacial score (nSPS) is 19.2. The van der Waals surface area contributed by atoms with Crippen LogP contribution in [0.15, 0.2) is 4.52 Å². The summed E-state index contributed by atoms with van der Waals surface area (Å²) in [6.45, 7) is 10.6. The number of aryl methyl sites for hydroxylation is 2. The molecular formula is C15H25N3O2S. The highest BCUT2D eigenvalue weighted by molar-refractivity contribution is 7.99. The molecule has 0 aromatic carbocycles. The maximum atomic E-state index is 12.3. The molecule has 1 N–H and O–H groups in total. The van der Waals surface area contributed by atoms with Crippen LogP contribution in [-0.4, -0.2) is 53.1 Å². The molecule has 0 unspecified atom stereocenters. The summed E-state index contributed by atoms with van der Waals surface area (Å²) in [5.74, 6) is 3.40. The minimum Gasteiger partial charge on any atom is -0.361 e. The monoisotopic (exact) mass is 311 g/mol. The van der Waals surface area contributed by atoms with Gasteiger partial charge in [0.25, 0.3) is 0 Å². The first-order chi connectivity index (χ1) is 10.0. The molecule has 0 bridgehead atoms. The van der Waals surface area contributed by atoms with Crippen molar-refractivity contribution in [2.24, 2.45) is 0 Å². The van der Waals surface area contributed by atoms with Crippen LogP contribution in [0, 0.1) is 13.8 Å². The molecule has 1 saturated heterocycles. The van der Waals surface area contributed by atoms with Gasteiger partial charge in [0, 0.05) is 42.6 Å². The van der Waals surface area contributed by atoms with Gasteiger partial charge in [0.2, 0.25) is 5.91 Å². The molecule has 21 heavy (non-hydrogen) atoms. The van der Waals surface area contributed by atoms with E-state index in [4.69, 9.17) is 4.52 Å². The summed E-state index contributed by atoms with van der Waals surface area (Å²) >= 11 is 1.96. The van der Waals surface area contributed by atoms with Gasteiger partial charge in [0.1, 0.15) is 5.76 Å². The van der Waals surface area contributed by atoms with Crippen molar-refractivity contribution in [3.63, 3.8) is 0 Å². The molecule has 1 aromatic rings. The van der Waals surface area contributed by atoms with E-state index in [1.165, 1.54) is 0 Å². The zero-order valence-electron chi connectivity index (χ0n) is 13.3. The zero-order valence-corrected chi connectivity index (χ0v) is 14.1. The van der Waals surface area contributed by atoms with Crippen molar-refractivity contribution in [2.45, 2.75) is 39.7 Å². The van der Waals surface area contributed by atoms with Gasteiger partial charge in [-0.25, -0.2) is 0 Å². The Hall–Kier alpha value is -1.01. The summed E-state index contributed by atoms with van der Waals surface area (Å²) in [5, 5.41) is 7.04. The van der Waals surface area contributed by atoms with Crippen molar-refractivity contribution >= 4 is 17.7 Å². The Kier molecular flexibility index (Phi) is 5.70.